The summed E-state index contributed by atoms with van der Waals surface area (Å²) in [6.07, 6.45) is 1.00. The van der Waals surface area contributed by atoms with E-state index in [2.05, 4.69) is 48.7 Å². The maximum absolute atomic E-state index is 11.5. The standard InChI is InChI=1S/C18H22N2O/c1-4-17(14-7-5-13(2)6-8-14)20-16-11-9-15(10-12-16)18(21)19-3/h5-12,17,20H,4H2,1-3H3,(H,19,21). The maximum atomic E-state index is 11.5. The number of carbonyl (C=O) groups excluding carboxylic acids is 1. The van der Waals surface area contributed by atoms with E-state index in [4.69, 9.17) is 0 Å². The number of nitrogens with one attached hydrogen (secondary N) is 2. The van der Waals surface area contributed by atoms with Crippen LogP contribution in [0.1, 0.15) is 40.9 Å². The number of amides is 1. The molecule has 2 N–H and O–H groups in total. The van der Waals surface area contributed by atoms with Crippen molar-refractivity contribution in [2.45, 2.75) is 26.3 Å². The lowest BCUT2D eigenvalue weighted by Crippen LogP contribution is -2.17. The number of carbonyl (C=O) groups is 1. The summed E-state index contributed by atoms with van der Waals surface area (Å²) in [5.41, 5.74) is 4.24. The molecule has 0 saturated carbocycles. The van der Waals surface area contributed by atoms with E-state index in [9.17, 15) is 4.79 Å². The molecule has 1 unspecified atom stereocenters. The number of hydrogen-bond donors (Lipinski definition) is 2. The highest BCUT2D eigenvalue weighted by Crippen LogP contribution is 2.23. The second kappa shape index (κ2) is 6.93. The minimum absolute atomic E-state index is 0.0628. The van der Waals surface area contributed by atoms with E-state index in [1.807, 2.05) is 24.3 Å². The van der Waals surface area contributed by atoms with Crippen LogP contribution in [0.5, 0.6) is 0 Å². The molecule has 0 aliphatic carbocycles. The monoisotopic (exact) mass is 282 g/mol. The van der Waals surface area contributed by atoms with Gasteiger partial charge in [0.05, 0.1) is 6.04 Å². The zero-order chi connectivity index (χ0) is 15.2. The molecule has 2 aromatic rings. The van der Waals surface area contributed by atoms with Gasteiger partial charge in [0.2, 0.25) is 0 Å². The molecular weight excluding hydrogens is 260 g/mol. The summed E-state index contributed by atoms with van der Waals surface area (Å²) in [5.74, 6) is -0.0628. The SMILES string of the molecule is CCC(Nc1ccc(C(=O)NC)cc1)c1ccc(C)cc1. The molecule has 0 radical (unpaired) electrons. The van der Waals surface area contributed by atoms with Crippen molar-refractivity contribution >= 4 is 11.6 Å². The van der Waals surface area contributed by atoms with Gasteiger partial charge in [0, 0.05) is 18.3 Å². The first-order chi connectivity index (χ1) is 10.1. The van der Waals surface area contributed by atoms with Crippen molar-refractivity contribution in [1.29, 1.82) is 0 Å². The van der Waals surface area contributed by atoms with Gasteiger partial charge in [0.25, 0.3) is 5.91 Å². The van der Waals surface area contributed by atoms with Crippen LogP contribution in [0, 0.1) is 6.92 Å². The Morgan fingerprint density at radius 2 is 1.67 bits per heavy atom. The fourth-order valence-electron chi connectivity index (χ4n) is 2.28. The van der Waals surface area contributed by atoms with Gasteiger partial charge >= 0.3 is 0 Å². The second-order valence-electron chi connectivity index (χ2n) is 5.17. The summed E-state index contributed by atoms with van der Waals surface area (Å²) in [5, 5.41) is 6.14. The number of anilines is 1. The first kappa shape index (κ1) is 15.1. The Morgan fingerprint density at radius 3 is 2.19 bits per heavy atom. The highest BCUT2D eigenvalue weighted by atomic mass is 16.1. The predicted octanol–water partition coefficient (Wildman–Crippen LogP) is 3.92. The smallest absolute Gasteiger partial charge is 0.251 e. The molecule has 0 saturated heterocycles. The van der Waals surface area contributed by atoms with E-state index < -0.39 is 0 Å². The van der Waals surface area contributed by atoms with Crippen molar-refractivity contribution in [3.05, 3.63) is 65.2 Å². The van der Waals surface area contributed by atoms with Gasteiger partial charge in [-0.05, 0) is 43.2 Å². The van der Waals surface area contributed by atoms with Gasteiger partial charge in [0.1, 0.15) is 0 Å². The van der Waals surface area contributed by atoms with Crippen LogP contribution >= 0.6 is 0 Å². The van der Waals surface area contributed by atoms with Crippen molar-refractivity contribution in [3.8, 4) is 0 Å². The second-order valence-corrected chi connectivity index (χ2v) is 5.17. The lowest BCUT2D eigenvalue weighted by Gasteiger charge is -2.19. The van der Waals surface area contributed by atoms with E-state index in [1.165, 1.54) is 11.1 Å². The summed E-state index contributed by atoms with van der Waals surface area (Å²) in [7, 11) is 1.64. The van der Waals surface area contributed by atoms with Gasteiger partial charge < -0.3 is 10.6 Å². The van der Waals surface area contributed by atoms with Crippen molar-refractivity contribution in [1.82, 2.24) is 5.32 Å². The normalized spacial score (nSPS) is 11.8. The third kappa shape index (κ3) is 3.85. The number of aryl methyl sites for hydroxylation is 1. The van der Waals surface area contributed by atoms with Gasteiger partial charge in [0.15, 0.2) is 0 Å². The average Bonchev–Trinajstić information content (AvgIpc) is 2.53. The van der Waals surface area contributed by atoms with Crippen molar-refractivity contribution < 1.29 is 4.79 Å². The first-order valence-electron chi connectivity index (χ1n) is 7.29. The fourth-order valence-corrected chi connectivity index (χ4v) is 2.28. The Bertz CT molecular complexity index is 588. The Kier molecular flexibility index (Phi) is 4.99. The Morgan fingerprint density at radius 1 is 1.05 bits per heavy atom. The molecule has 21 heavy (non-hydrogen) atoms. The van der Waals surface area contributed by atoms with Crippen molar-refractivity contribution in [3.63, 3.8) is 0 Å². The Balaban J connectivity index is 2.11. The highest BCUT2D eigenvalue weighted by Gasteiger charge is 2.09. The fraction of sp³-hybridized carbons (Fsp3) is 0.278. The molecule has 1 amide bonds. The zero-order valence-electron chi connectivity index (χ0n) is 12.8. The zero-order valence-corrected chi connectivity index (χ0v) is 12.8. The molecule has 0 aromatic heterocycles. The molecular formula is C18H22N2O. The lowest BCUT2D eigenvalue weighted by atomic mass is 10.0. The molecule has 2 aromatic carbocycles. The van der Waals surface area contributed by atoms with Crippen LogP contribution in [0.3, 0.4) is 0 Å². The van der Waals surface area contributed by atoms with Crippen LogP contribution in [0.2, 0.25) is 0 Å². The third-order valence-electron chi connectivity index (χ3n) is 3.60. The van der Waals surface area contributed by atoms with E-state index >= 15 is 0 Å². The van der Waals surface area contributed by atoms with Gasteiger partial charge in [-0.1, -0.05) is 36.8 Å². The maximum Gasteiger partial charge on any atom is 0.251 e. The van der Waals surface area contributed by atoms with Gasteiger partial charge in [-0.15, -0.1) is 0 Å². The van der Waals surface area contributed by atoms with Crippen LogP contribution in [-0.2, 0) is 0 Å². The number of hydrogen-bond acceptors (Lipinski definition) is 2. The van der Waals surface area contributed by atoms with Crippen LogP contribution in [0.15, 0.2) is 48.5 Å². The van der Waals surface area contributed by atoms with E-state index in [0.29, 0.717) is 5.56 Å². The first-order valence-corrected chi connectivity index (χ1v) is 7.29. The molecule has 0 aliphatic heterocycles. The largest absolute Gasteiger partial charge is 0.378 e. The Hall–Kier alpha value is -2.29. The number of rotatable bonds is 5. The topological polar surface area (TPSA) is 41.1 Å². The van der Waals surface area contributed by atoms with E-state index in [1.54, 1.807) is 7.05 Å². The molecule has 0 fully saturated rings. The molecule has 3 heteroatoms. The van der Waals surface area contributed by atoms with Crippen LogP contribution < -0.4 is 10.6 Å². The molecule has 0 spiro atoms. The summed E-state index contributed by atoms with van der Waals surface area (Å²) in [6.45, 7) is 4.26. The molecule has 3 nitrogen and oxygen atoms in total. The van der Waals surface area contributed by atoms with E-state index in [-0.39, 0.29) is 11.9 Å². The quantitative estimate of drug-likeness (QED) is 0.872. The summed E-state index contributed by atoms with van der Waals surface area (Å²) in [4.78, 5) is 11.5. The highest BCUT2D eigenvalue weighted by molar-refractivity contribution is 5.94. The third-order valence-corrected chi connectivity index (χ3v) is 3.60. The van der Waals surface area contributed by atoms with Gasteiger partial charge in [-0.25, -0.2) is 0 Å². The molecule has 0 bridgehead atoms. The van der Waals surface area contributed by atoms with Gasteiger partial charge in [-0.3, -0.25) is 4.79 Å². The lowest BCUT2D eigenvalue weighted by molar-refractivity contribution is 0.0963. The molecule has 1 atom stereocenters. The minimum atomic E-state index is -0.0628. The van der Waals surface area contributed by atoms with E-state index in [0.717, 1.165) is 12.1 Å². The van der Waals surface area contributed by atoms with Crippen molar-refractivity contribution in [2.24, 2.45) is 0 Å². The molecule has 2 rings (SSSR count). The Labute approximate surface area is 126 Å². The summed E-state index contributed by atoms with van der Waals surface area (Å²) >= 11 is 0. The van der Waals surface area contributed by atoms with Crippen LogP contribution in [0.4, 0.5) is 5.69 Å². The predicted molar refractivity (Wildman–Crippen MR) is 87.7 cm³/mol. The van der Waals surface area contributed by atoms with Crippen LogP contribution in [0.25, 0.3) is 0 Å². The average molecular weight is 282 g/mol. The van der Waals surface area contributed by atoms with Crippen LogP contribution in [-0.4, -0.2) is 13.0 Å². The summed E-state index contributed by atoms with van der Waals surface area (Å²) < 4.78 is 0. The molecule has 110 valence electrons. The molecule has 0 heterocycles. The minimum Gasteiger partial charge on any atom is -0.378 e. The van der Waals surface area contributed by atoms with Crippen molar-refractivity contribution in [2.75, 3.05) is 12.4 Å². The number of benzene rings is 2. The molecule has 0 aliphatic rings. The summed E-state index contributed by atoms with van der Waals surface area (Å²) in [6, 6.07) is 16.4. The van der Waals surface area contributed by atoms with Gasteiger partial charge in [-0.2, -0.15) is 0 Å².